The topological polar surface area (TPSA) is 35.2 Å². The van der Waals surface area contributed by atoms with Crippen LogP contribution < -0.4 is 5.73 Å². The van der Waals surface area contributed by atoms with Crippen LogP contribution in [0.2, 0.25) is 0 Å². The molecule has 1 aromatic rings. The zero-order chi connectivity index (χ0) is 12.5. The van der Waals surface area contributed by atoms with Gasteiger partial charge in [0, 0.05) is 18.8 Å². The lowest BCUT2D eigenvalue weighted by atomic mass is 9.79. The number of rotatable bonds is 1. The first-order chi connectivity index (χ1) is 7.92. The second-order valence-corrected chi connectivity index (χ2v) is 6.10. The predicted octanol–water partition coefficient (Wildman–Crippen LogP) is 2.95. The Morgan fingerprint density at radius 2 is 1.82 bits per heavy atom. The van der Waals surface area contributed by atoms with Gasteiger partial charge < -0.3 is 10.5 Å². The number of hydrogen-bond acceptors (Lipinski definition) is 2. The van der Waals surface area contributed by atoms with E-state index in [0.29, 0.717) is 0 Å². The number of hydrogen-bond donors (Lipinski definition) is 1. The molecule has 1 fully saturated rings. The SMILES string of the molecule is CC(C)(C)c1cccc(C2(N)CCOCC2)c1. The lowest BCUT2D eigenvalue weighted by Crippen LogP contribution is -2.42. The van der Waals surface area contributed by atoms with Gasteiger partial charge in [0.05, 0.1) is 0 Å². The fraction of sp³-hybridized carbons (Fsp3) is 0.600. The van der Waals surface area contributed by atoms with Gasteiger partial charge in [-0.15, -0.1) is 0 Å². The smallest absolute Gasteiger partial charge is 0.0486 e. The largest absolute Gasteiger partial charge is 0.381 e. The van der Waals surface area contributed by atoms with Crippen LogP contribution in [-0.4, -0.2) is 13.2 Å². The van der Waals surface area contributed by atoms with Crippen LogP contribution in [0.1, 0.15) is 44.7 Å². The Morgan fingerprint density at radius 3 is 2.41 bits per heavy atom. The summed E-state index contributed by atoms with van der Waals surface area (Å²) in [7, 11) is 0. The molecule has 0 spiro atoms. The summed E-state index contributed by atoms with van der Waals surface area (Å²) in [5, 5.41) is 0. The third-order valence-corrected chi connectivity index (χ3v) is 3.69. The van der Waals surface area contributed by atoms with Crippen molar-refractivity contribution in [2.45, 2.75) is 44.6 Å². The zero-order valence-corrected chi connectivity index (χ0v) is 11.1. The van der Waals surface area contributed by atoms with E-state index in [0.717, 1.165) is 26.1 Å². The van der Waals surface area contributed by atoms with E-state index in [9.17, 15) is 0 Å². The van der Waals surface area contributed by atoms with Crippen LogP contribution >= 0.6 is 0 Å². The van der Waals surface area contributed by atoms with Crippen molar-refractivity contribution >= 4 is 0 Å². The highest BCUT2D eigenvalue weighted by Crippen LogP contribution is 2.32. The van der Waals surface area contributed by atoms with Gasteiger partial charge >= 0.3 is 0 Å². The maximum absolute atomic E-state index is 6.51. The molecule has 0 unspecified atom stereocenters. The van der Waals surface area contributed by atoms with Crippen molar-refractivity contribution in [1.29, 1.82) is 0 Å². The number of ether oxygens (including phenoxy) is 1. The first-order valence-corrected chi connectivity index (χ1v) is 6.39. The Labute approximate surface area is 104 Å². The van der Waals surface area contributed by atoms with Gasteiger partial charge in [0.15, 0.2) is 0 Å². The molecule has 2 nitrogen and oxygen atoms in total. The van der Waals surface area contributed by atoms with Crippen molar-refractivity contribution in [2.75, 3.05) is 13.2 Å². The normalized spacial score (nSPS) is 20.2. The van der Waals surface area contributed by atoms with Crippen molar-refractivity contribution in [3.05, 3.63) is 35.4 Å². The molecule has 2 rings (SSSR count). The Morgan fingerprint density at radius 1 is 1.18 bits per heavy atom. The molecule has 0 saturated carbocycles. The second-order valence-electron chi connectivity index (χ2n) is 6.10. The van der Waals surface area contributed by atoms with Crippen molar-refractivity contribution in [1.82, 2.24) is 0 Å². The molecule has 0 bridgehead atoms. The van der Waals surface area contributed by atoms with E-state index in [4.69, 9.17) is 10.5 Å². The zero-order valence-electron chi connectivity index (χ0n) is 11.1. The van der Waals surface area contributed by atoms with Gasteiger partial charge in [-0.2, -0.15) is 0 Å². The Hall–Kier alpha value is -0.860. The highest BCUT2D eigenvalue weighted by Gasteiger charge is 2.30. The van der Waals surface area contributed by atoms with Gasteiger partial charge in [-0.25, -0.2) is 0 Å². The van der Waals surface area contributed by atoms with Crippen molar-refractivity contribution in [2.24, 2.45) is 5.73 Å². The van der Waals surface area contributed by atoms with Gasteiger partial charge in [-0.1, -0.05) is 45.0 Å². The Kier molecular flexibility index (Phi) is 3.28. The summed E-state index contributed by atoms with van der Waals surface area (Å²) < 4.78 is 5.40. The monoisotopic (exact) mass is 233 g/mol. The van der Waals surface area contributed by atoms with Crippen molar-refractivity contribution < 1.29 is 4.74 Å². The maximum Gasteiger partial charge on any atom is 0.0486 e. The van der Waals surface area contributed by atoms with E-state index in [1.807, 2.05) is 0 Å². The van der Waals surface area contributed by atoms with Gasteiger partial charge in [0.25, 0.3) is 0 Å². The Balaban J connectivity index is 2.32. The third kappa shape index (κ3) is 2.70. The molecule has 1 aliphatic rings. The molecule has 0 amide bonds. The summed E-state index contributed by atoms with van der Waals surface area (Å²) in [6, 6.07) is 8.73. The summed E-state index contributed by atoms with van der Waals surface area (Å²) in [5.74, 6) is 0. The molecule has 1 heterocycles. The molecule has 1 saturated heterocycles. The van der Waals surface area contributed by atoms with Crippen LogP contribution in [0.15, 0.2) is 24.3 Å². The van der Waals surface area contributed by atoms with Crippen LogP contribution in [0.5, 0.6) is 0 Å². The van der Waals surface area contributed by atoms with Gasteiger partial charge in [0.2, 0.25) is 0 Å². The molecule has 0 aromatic heterocycles. The summed E-state index contributed by atoms with van der Waals surface area (Å²) in [6.45, 7) is 8.25. The highest BCUT2D eigenvalue weighted by atomic mass is 16.5. The van der Waals surface area contributed by atoms with Gasteiger partial charge in [-0.3, -0.25) is 0 Å². The maximum atomic E-state index is 6.51. The number of nitrogens with two attached hydrogens (primary N) is 1. The first-order valence-electron chi connectivity index (χ1n) is 6.39. The number of benzene rings is 1. The molecular weight excluding hydrogens is 210 g/mol. The van der Waals surface area contributed by atoms with Crippen LogP contribution in [0.25, 0.3) is 0 Å². The molecule has 2 heteroatoms. The molecule has 0 atom stereocenters. The van der Waals surface area contributed by atoms with E-state index in [2.05, 4.69) is 45.0 Å². The van der Waals surface area contributed by atoms with E-state index < -0.39 is 0 Å². The fourth-order valence-corrected chi connectivity index (χ4v) is 2.32. The summed E-state index contributed by atoms with van der Waals surface area (Å²) in [6.07, 6.45) is 1.83. The standard InChI is InChI=1S/C15H23NO/c1-14(2,3)12-5-4-6-13(11-12)15(16)7-9-17-10-8-15/h4-6,11H,7-10,16H2,1-3H3. The molecule has 0 aliphatic carbocycles. The molecular formula is C15H23NO. The molecule has 17 heavy (non-hydrogen) atoms. The second kappa shape index (κ2) is 4.43. The van der Waals surface area contributed by atoms with Crippen LogP contribution in [-0.2, 0) is 15.7 Å². The van der Waals surface area contributed by atoms with E-state index in [1.54, 1.807) is 0 Å². The average molecular weight is 233 g/mol. The third-order valence-electron chi connectivity index (χ3n) is 3.69. The van der Waals surface area contributed by atoms with Gasteiger partial charge in [0.1, 0.15) is 0 Å². The highest BCUT2D eigenvalue weighted by molar-refractivity contribution is 5.33. The predicted molar refractivity (Wildman–Crippen MR) is 71.1 cm³/mol. The minimum atomic E-state index is -0.195. The van der Waals surface area contributed by atoms with E-state index in [-0.39, 0.29) is 11.0 Å². The molecule has 1 aromatic carbocycles. The molecule has 0 radical (unpaired) electrons. The molecule has 1 aliphatic heterocycles. The minimum Gasteiger partial charge on any atom is -0.381 e. The average Bonchev–Trinajstić information content (AvgIpc) is 2.29. The van der Waals surface area contributed by atoms with Crippen molar-refractivity contribution in [3.8, 4) is 0 Å². The van der Waals surface area contributed by atoms with Crippen molar-refractivity contribution in [3.63, 3.8) is 0 Å². The molecule has 94 valence electrons. The van der Waals surface area contributed by atoms with Gasteiger partial charge in [-0.05, 0) is 29.4 Å². The fourth-order valence-electron chi connectivity index (χ4n) is 2.32. The quantitative estimate of drug-likeness (QED) is 0.809. The van der Waals surface area contributed by atoms with E-state index >= 15 is 0 Å². The van der Waals surface area contributed by atoms with E-state index in [1.165, 1.54) is 11.1 Å². The summed E-state index contributed by atoms with van der Waals surface area (Å²) in [5.41, 5.74) is 9.11. The Bertz CT molecular complexity index is 386. The minimum absolute atomic E-state index is 0.178. The molecule has 2 N–H and O–H groups in total. The van der Waals surface area contributed by atoms with Crippen LogP contribution in [0.4, 0.5) is 0 Å². The summed E-state index contributed by atoms with van der Waals surface area (Å²) >= 11 is 0. The first kappa shape index (κ1) is 12.6. The van der Waals surface area contributed by atoms with Crippen LogP contribution in [0.3, 0.4) is 0 Å². The lowest BCUT2D eigenvalue weighted by molar-refractivity contribution is 0.0522. The summed E-state index contributed by atoms with van der Waals surface area (Å²) in [4.78, 5) is 0. The lowest BCUT2D eigenvalue weighted by Gasteiger charge is -2.34. The van der Waals surface area contributed by atoms with Crippen LogP contribution in [0, 0.1) is 0 Å².